The molecule has 0 radical (unpaired) electrons. The largest absolute Gasteiger partial charge is 0.484 e. The van der Waals surface area contributed by atoms with E-state index in [9.17, 15) is 9.59 Å². The fraction of sp³-hybridized carbons (Fsp3) is 0.391. The van der Waals surface area contributed by atoms with E-state index < -0.39 is 0 Å². The third-order valence-electron chi connectivity index (χ3n) is 5.52. The minimum Gasteiger partial charge on any atom is -0.484 e. The summed E-state index contributed by atoms with van der Waals surface area (Å²) in [7, 11) is 0. The highest BCUT2D eigenvalue weighted by atomic mass is 35.5. The smallest absolute Gasteiger partial charge is 0.262 e. The summed E-state index contributed by atoms with van der Waals surface area (Å²) in [5.41, 5.74) is 4.91. The van der Waals surface area contributed by atoms with Crippen molar-refractivity contribution in [1.29, 1.82) is 0 Å². The maximum Gasteiger partial charge on any atom is 0.262 e. The van der Waals surface area contributed by atoms with Crippen molar-refractivity contribution in [3.63, 3.8) is 0 Å². The predicted octanol–water partition coefficient (Wildman–Crippen LogP) is 4.27. The van der Waals surface area contributed by atoms with Crippen LogP contribution in [0.3, 0.4) is 0 Å². The number of halogens is 1. The topological polar surface area (TPSA) is 58.6 Å². The van der Waals surface area contributed by atoms with E-state index in [0.29, 0.717) is 17.3 Å². The molecule has 1 aliphatic heterocycles. The van der Waals surface area contributed by atoms with Gasteiger partial charge >= 0.3 is 0 Å². The van der Waals surface area contributed by atoms with Crippen LogP contribution in [0.1, 0.15) is 35.1 Å². The molecule has 1 saturated carbocycles. The Kier molecular flexibility index (Phi) is 5.50. The van der Waals surface area contributed by atoms with Crippen molar-refractivity contribution < 1.29 is 14.3 Å². The van der Waals surface area contributed by atoms with Gasteiger partial charge in [0, 0.05) is 29.7 Å². The lowest BCUT2D eigenvalue weighted by Crippen LogP contribution is -2.36. The lowest BCUT2D eigenvalue weighted by Gasteiger charge is -2.29. The van der Waals surface area contributed by atoms with Gasteiger partial charge in [0.15, 0.2) is 6.61 Å². The van der Waals surface area contributed by atoms with E-state index in [2.05, 4.69) is 5.32 Å². The van der Waals surface area contributed by atoms with E-state index in [1.165, 1.54) is 5.56 Å². The van der Waals surface area contributed by atoms with Gasteiger partial charge in [-0.1, -0.05) is 17.7 Å². The SMILES string of the molecule is Cc1cc(OCC(=O)Nc2ccc3c(c2)CN(C(=O)C2CC2)CC3)cc(C)c1Cl. The lowest BCUT2D eigenvalue weighted by atomic mass is 9.98. The number of amides is 2. The number of carbonyl (C=O) groups is 2. The third kappa shape index (κ3) is 4.56. The number of carbonyl (C=O) groups excluding carboxylic acids is 2. The van der Waals surface area contributed by atoms with Crippen LogP contribution in [0.15, 0.2) is 30.3 Å². The van der Waals surface area contributed by atoms with Crippen LogP contribution >= 0.6 is 11.6 Å². The molecule has 0 atom stereocenters. The third-order valence-corrected chi connectivity index (χ3v) is 6.12. The van der Waals surface area contributed by atoms with Crippen molar-refractivity contribution in [2.75, 3.05) is 18.5 Å². The van der Waals surface area contributed by atoms with Crippen LogP contribution in [-0.2, 0) is 22.6 Å². The second-order valence-electron chi connectivity index (χ2n) is 7.98. The molecule has 6 heteroatoms. The molecule has 2 aliphatic rings. The number of hydrogen-bond acceptors (Lipinski definition) is 3. The summed E-state index contributed by atoms with van der Waals surface area (Å²) in [4.78, 5) is 26.6. The Morgan fingerprint density at radius 2 is 1.86 bits per heavy atom. The number of fused-ring (bicyclic) bond motifs is 1. The molecular weight excluding hydrogens is 388 g/mol. The highest BCUT2D eigenvalue weighted by Crippen LogP contribution is 2.33. The normalized spacial score (nSPS) is 15.6. The molecule has 2 aromatic carbocycles. The van der Waals surface area contributed by atoms with Gasteiger partial charge in [-0.25, -0.2) is 0 Å². The van der Waals surface area contributed by atoms with E-state index in [-0.39, 0.29) is 24.3 Å². The van der Waals surface area contributed by atoms with Gasteiger partial charge in [0.25, 0.3) is 5.91 Å². The highest BCUT2D eigenvalue weighted by Gasteiger charge is 2.34. The minimum atomic E-state index is -0.225. The Morgan fingerprint density at radius 1 is 1.14 bits per heavy atom. The highest BCUT2D eigenvalue weighted by molar-refractivity contribution is 6.32. The number of ether oxygens (including phenoxy) is 1. The molecule has 0 spiro atoms. The zero-order valence-electron chi connectivity index (χ0n) is 16.8. The summed E-state index contributed by atoms with van der Waals surface area (Å²) >= 11 is 6.17. The van der Waals surface area contributed by atoms with Gasteiger partial charge in [0.1, 0.15) is 5.75 Å². The number of hydrogen-bond donors (Lipinski definition) is 1. The fourth-order valence-corrected chi connectivity index (χ4v) is 3.86. The molecule has 0 unspecified atom stereocenters. The summed E-state index contributed by atoms with van der Waals surface area (Å²) in [6.07, 6.45) is 2.90. The second-order valence-corrected chi connectivity index (χ2v) is 8.35. The van der Waals surface area contributed by atoms with Crippen LogP contribution in [0.25, 0.3) is 0 Å². The van der Waals surface area contributed by atoms with E-state index >= 15 is 0 Å². The summed E-state index contributed by atoms with van der Waals surface area (Å²) in [5, 5.41) is 3.60. The molecule has 1 heterocycles. The van der Waals surface area contributed by atoms with Crippen molar-refractivity contribution in [2.45, 2.75) is 39.7 Å². The van der Waals surface area contributed by atoms with Gasteiger partial charge in [-0.2, -0.15) is 0 Å². The van der Waals surface area contributed by atoms with Crippen molar-refractivity contribution in [3.05, 3.63) is 57.6 Å². The van der Waals surface area contributed by atoms with Crippen LogP contribution in [0.2, 0.25) is 5.02 Å². The standard InChI is InChI=1S/C23H25ClN2O3/c1-14-9-20(10-15(2)22(14)24)29-13-21(27)25-19-6-5-16-7-8-26(12-18(16)11-19)23(28)17-3-4-17/h5-6,9-11,17H,3-4,7-8,12-13H2,1-2H3,(H,25,27). The Labute approximate surface area is 176 Å². The molecule has 4 rings (SSSR count). The monoisotopic (exact) mass is 412 g/mol. The average Bonchev–Trinajstić information content (AvgIpc) is 3.54. The molecule has 0 aromatic heterocycles. The Balaban J connectivity index is 1.36. The number of rotatable bonds is 5. The molecule has 2 amide bonds. The number of benzene rings is 2. The fourth-order valence-electron chi connectivity index (χ4n) is 3.75. The maximum atomic E-state index is 12.4. The van der Waals surface area contributed by atoms with Gasteiger partial charge in [-0.05, 0) is 79.6 Å². The molecule has 29 heavy (non-hydrogen) atoms. The summed E-state index contributed by atoms with van der Waals surface area (Å²) in [5.74, 6) is 0.903. The Hall–Kier alpha value is -2.53. The molecule has 5 nitrogen and oxygen atoms in total. The van der Waals surface area contributed by atoms with E-state index in [0.717, 1.165) is 48.2 Å². The van der Waals surface area contributed by atoms with Crippen molar-refractivity contribution in [3.8, 4) is 5.75 Å². The molecule has 1 aliphatic carbocycles. The molecule has 0 saturated heterocycles. The van der Waals surface area contributed by atoms with Crippen LogP contribution < -0.4 is 10.1 Å². The molecule has 2 aromatic rings. The van der Waals surface area contributed by atoms with Crippen LogP contribution in [0, 0.1) is 19.8 Å². The number of aryl methyl sites for hydroxylation is 2. The van der Waals surface area contributed by atoms with E-state index in [4.69, 9.17) is 16.3 Å². The Morgan fingerprint density at radius 3 is 2.55 bits per heavy atom. The molecule has 152 valence electrons. The Bertz CT molecular complexity index is 946. The van der Waals surface area contributed by atoms with Crippen molar-refractivity contribution >= 4 is 29.1 Å². The summed E-state index contributed by atoms with van der Waals surface area (Å²) in [6.45, 7) is 5.14. The van der Waals surface area contributed by atoms with Crippen LogP contribution in [0.5, 0.6) is 5.75 Å². The number of nitrogens with one attached hydrogen (secondary N) is 1. The van der Waals surface area contributed by atoms with Crippen LogP contribution in [-0.4, -0.2) is 29.9 Å². The van der Waals surface area contributed by atoms with Gasteiger partial charge < -0.3 is 15.0 Å². The number of anilines is 1. The lowest BCUT2D eigenvalue weighted by molar-refractivity contribution is -0.133. The molecular formula is C23H25ClN2O3. The summed E-state index contributed by atoms with van der Waals surface area (Å²) in [6, 6.07) is 9.57. The van der Waals surface area contributed by atoms with E-state index in [1.54, 1.807) is 0 Å². The van der Waals surface area contributed by atoms with Gasteiger partial charge in [-0.15, -0.1) is 0 Å². The molecule has 1 N–H and O–H groups in total. The van der Waals surface area contributed by atoms with Crippen molar-refractivity contribution in [1.82, 2.24) is 4.90 Å². The van der Waals surface area contributed by atoms with E-state index in [1.807, 2.05) is 49.1 Å². The zero-order chi connectivity index (χ0) is 20.5. The first-order valence-electron chi connectivity index (χ1n) is 10.0. The molecule has 1 fully saturated rings. The first-order valence-corrected chi connectivity index (χ1v) is 10.4. The quantitative estimate of drug-likeness (QED) is 0.797. The second kappa shape index (κ2) is 8.07. The first kappa shape index (κ1) is 19.8. The predicted molar refractivity (Wildman–Crippen MR) is 113 cm³/mol. The van der Waals surface area contributed by atoms with Crippen molar-refractivity contribution in [2.24, 2.45) is 5.92 Å². The zero-order valence-corrected chi connectivity index (χ0v) is 17.5. The van der Waals surface area contributed by atoms with Crippen LogP contribution in [0.4, 0.5) is 5.69 Å². The van der Waals surface area contributed by atoms with Gasteiger partial charge in [0.05, 0.1) is 0 Å². The first-order chi connectivity index (χ1) is 13.9. The number of nitrogens with zero attached hydrogens (tertiary/aromatic N) is 1. The minimum absolute atomic E-state index is 0.0795. The maximum absolute atomic E-state index is 12.4. The summed E-state index contributed by atoms with van der Waals surface area (Å²) < 4.78 is 5.63. The van der Waals surface area contributed by atoms with Gasteiger partial charge in [0.2, 0.25) is 5.91 Å². The average molecular weight is 413 g/mol. The van der Waals surface area contributed by atoms with Gasteiger partial charge in [-0.3, -0.25) is 9.59 Å². The molecule has 0 bridgehead atoms.